The molecule has 4 nitrogen and oxygen atoms in total. The molecule has 74 valence electrons. The summed E-state index contributed by atoms with van der Waals surface area (Å²) in [5.41, 5.74) is 6.50. The molecule has 0 radical (unpaired) electrons. The number of nitrogen functional groups attached to an aromatic ring is 1. The minimum atomic E-state index is 0.633. The first kappa shape index (κ1) is 10.4. The number of thiazole rings is 1. The molecule has 0 unspecified atom stereocenters. The molecule has 0 fully saturated rings. The maximum absolute atomic E-state index is 5.49. The Morgan fingerprint density at radius 2 is 2.54 bits per heavy atom. The summed E-state index contributed by atoms with van der Waals surface area (Å²) < 4.78 is 4.92. The molecule has 3 N–H and O–H groups in total. The number of hydrogen-bond acceptors (Lipinski definition) is 5. The number of rotatable bonds is 6. The van der Waals surface area contributed by atoms with Crippen molar-refractivity contribution >= 4 is 16.5 Å². The summed E-state index contributed by atoms with van der Waals surface area (Å²) in [4.78, 5) is 4.13. The van der Waals surface area contributed by atoms with Crippen molar-refractivity contribution in [1.82, 2.24) is 10.3 Å². The summed E-state index contributed by atoms with van der Waals surface area (Å²) in [6.07, 6.45) is 1.02. The van der Waals surface area contributed by atoms with Crippen LogP contribution in [0, 0.1) is 0 Å². The van der Waals surface area contributed by atoms with Crippen molar-refractivity contribution in [3.63, 3.8) is 0 Å². The Morgan fingerprint density at radius 1 is 1.69 bits per heavy atom. The van der Waals surface area contributed by atoms with Crippen molar-refractivity contribution in [2.24, 2.45) is 0 Å². The molecule has 13 heavy (non-hydrogen) atoms. The van der Waals surface area contributed by atoms with Crippen LogP contribution in [-0.4, -0.2) is 25.2 Å². The molecule has 0 aliphatic heterocycles. The van der Waals surface area contributed by atoms with Gasteiger partial charge in [-0.3, -0.25) is 0 Å². The van der Waals surface area contributed by atoms with Gasteiger partial charge in [0.15, 0.2) is 5.13 Å². The summed E-state index contributed by atoms with van der Waals surface area (Å²) >= 11 is 1.47. The molecule has 0 amide bonds. The molecule has 0 bridgehead atoms. The highest BCUT2D eigenvalue weighted by Gasteiger charge is 1.96. The first-order valence-electron chi connectivity index (χ1n) is 4.22. The van der Waals surface area contributed by atoms with E-state index in [1.54, 1.807) is 7.11 Å². The van der Waals surface area contributed by atoms with Crippen LogP contribution in [0.2, 0.25) is 0 Å². The zero-order valence-corrected chi connectivity index (χ0v) is 8.56. The van der Waals surface area contributed by atoms with Crippen LogP contribution in [0.25, 0.3) is 0 Å². The van der Waals surface area contributed by atoms with E-state index in [4.69, 9.17) is 10.5 Å². The Kier molecular flexibility index (Phi) is 4.74. The van der Waals surface area contributed by atoms with Crippen molar-refractivity contribution in [2.45, 2.75) is 13.0 Å². The molecule has 0 atom stereocenters. The molecular weight excluding hydrogens is 186 g/mol. The van der Waals surface area contributed by atoms with Gasteiger partial charge in [0, 0.05) is 25.6 Å². The number of methoxy groups -OCH3 is 1. The highest BCUT2D eigenvalue weighted by Crippen LogP contribution is 2.10. The Bertz CT molecular complexity index is 239. The number of nitrogens with two attached hydrogens (primary N) is 1. The predicted molar refractivity (Wildman–Crippen MR) is 54.7 cm³/mol. The lowest BCUT2D eigenvalue weighted by Gasteiger charge is -2.01. The fraction of sp³-hybridized carbons (Fsp3) is 0.625. The first-order valence-corrected chi connectivity index (χ1v) is 5.10. The minimum absolute atomic E-state index is 0.633. The van der Waals surface area contributed by atoms with E-state index in [2.05, 4.69) is 10.3 Å². The van der Waals surface area contributed by atoms with Gasteiger partial charge in [0.05, 0.1) is 5.69 Å². The molecule has 5 heteroatoms. The molecule has 0 aromatic carbocycles. The fourth-order valence-corrected chi connectivity index (χ4v) is 1.52. The van der Waals surface area contributed by atoms with Crippen LogP contribution in [0.3, 0.4) is 0 Å². The first-order chi connectivity index (χ1) is 6.33. The third-order valence-corrected chi connectivity index (χ3v) is 2.30. The lowest BCUT2D eigenvalue weighted by atomic mass is 10.4. The van der Waals surface area contributed by atoms with Crippen LogP contribution in [0.5, 0.6) is 0 Å². The highest BCUT2D eigenvalue weighted by atomic mass is 32.1. The summed E-state index contributed by atoms with van der Waals surface area (Å²) in [6, 6.07) is 0. The van der Waals surface area contributed by atoms with Gasteiger partial charge in [0.1, 0.15) is 0 Å². The Morgan fingerprint density at radius 3 is 3.15 bits per heavy atom. The molecule has 1 aromatic heterocycles. The molecule has 1 heterocycles. The second kappa shape index (κ2) is 5.90. The van der Waals surface area contributed by atoms with Gasteiger partial charge in [-0.2, -0.15) is 0 Å². The lowest BCUT2D eigenvalue weighted by Crippen LogP contribution is -2.16. The van der Waals surface area contributed by atoms with Gasteiger partial charge in [0.25, 0.3) is 0 Å². The maximum Gasteiger partial charge on any atom is 0.180 e. The molecular formula is C8H15N3OS. The standard InChI is InChI=1S/C8H15N3OS/c1-12-4-2-3-10-5-7-6-13-8(9)11-7/h6,10H,2-5H2,1H3,(H2,9,11). The van der Waals surface area contributed by atoms with Gasteiger partial charge >= 0.3 is 0 Å². The average molecular weight is 201 g/mol. The molecule has 0 saturated heterocycles. The van der Waals surface area contributed by atoms with Crippen molar-refractivity contribution in [3.05, 3.63) is 11.1 Å². The Labute approximate surface area is 82.1 Å². The molecule has 0 aliphatic carbocycles. The number of nitrogens with zero attached hydrogens (tertiary/aromatic N) is 1. The lowest BCUT2D eigenvalue weighted by molar-refractivity contribution is 0.194. The van der Waals surface area contributed by atoms with Gasteiger partial charge in [-0.1, -0.05) is 0 Å². The van der Waals surface area contributed by atoms with Crippen LogP contribution < -0.4 is 11.1 Å². The van der Waals surface area contributed by atoms with Crippen LogP contribution in [-0.2, 0) is 11.3 Å². The predicted octanol–water partition coefficient (Wildman–Crippen LogP) is 0.851. The highest BCUT2D eigenvalue weighted by molar-refractivity contribution is 7.13. The van der Waals surface area contributed by atoms with Crippen LogP contribution in [0.15, 0.2) is 5.38 Å². The summed E-state index contributed by atoms with van der Waals surface area (Å²) in [5.74, 6) is 0. The van der Waals surface area contributed by atoms with E-state index in [1.807, 2.05) is 5.38 Å². The normalized spacial score (nSPS) is 10.5. The second-order valence-electron chi connectivity index (χ2n) is 2.70. The Balaban J connectivity index is 2.06. The van der Waals surface area contributed by atoms with E-state index in [1.165, 1.54) is 11.3 Å². The van der Waals surface area contributed by atoms with E-state index in [-0.39, 0.29) is 0 Å². The largest absolute Gasteiger partial charge is 0.385 e. The monoisotopic (exact) mass is 201 g/mol. The van der Waals surface area contributed by atoms with E-state index < -0.39 is 0 Å². The van der Waals surface area contributed by atoms with E-state index in [9.17, 15) is 0 Å². The summed E-state index contributed by atoms with van der Waals surface area (Å²) in [5, 5.41) is 5.86. The Hall–Kier alpha value is -0.650. The van der Waals surface area contributed by atoms with E-state index in [0.717, 1.165) is 31.8 Å². The number of hydrogen-bond donors (Lipinski definition) is 2. The number of aromatic nitrogens is 1. The van der Waals surface area contributed by atoms with Gasteiger partial charge < -0.3 is 15.8 Å². The zero-order valence-electron chi connectivity index (χ0n) is 7.75. The van der Waals surface area contributed by atoms with E-state index in [0.29, 0.717) is 5.13 Å². The fourth-order valence-electron chi connectivity index (χ4n) is 0.962. The average Bonchev–Trinajstić information content (AvgIpc) is 2.51. The van der Waals surface area contributed by atoms with Gasteiger partial charge in [-0.05, 0) is 13.0 Å². The number of ether oxygens (including phenoxy) is 1. The van der Waals surface area contributed by atoms with Crippen LogP contribution in [0.4, 0.5) is 5.13 Å². The SMILES string of the molecule is COCCCNCc1csc(N)n1. The third kappa shape index (κ3) is 4.21. The van der Waals surface area contributed by atoms with Gasteiger partial charge in [-0.25, -0.2) is 4.98 Å². The molecule has 0 aliphatic rings. The van der Waals surface area contributed by atoms with Crippen molar-refractivity contribution in [3.8, 4) is 0 Å². The zero-order chi connectivity index (χ0) is 9.52. The molecule has 1 rings (SSSR count). The summed E-state index contributed by atoms with van der Waals surface area (Å²) in [6.45, 7) is 2.54. The van der Waals surface area contributed by atoms with Crippen LogP contribution >= 0.6 is 11.3 Å². The van der Waals surface area contributed by atoms with Gasteiger partial charge in [0.2, 0.25) is 0 Å². The minimum Gasteiger partial charge on any atom is -0.385 e. The molecule has 1 aromatic rings. The molecule has 0 saturated carbocycles. The second-order valence-corrected chi connectivity index (χ2v) is 3.59. The molecule has 0 spiro atoms. The van der Waals surface area contributed by atoms with Crippen molar-refractivity contribution in [1.29, 1.82) is 0 Å². The van der Waals surface area contributed by atoms with Crippen molar-refractivity contribution in [2.75, 3.05) is 26.0 Å². The number of anilines is 1. The van der Waals surface area contributed by atoms with Crippen LogP contribution in [0.1, 0.15) is 12.1 Å². The topological polar surface area (TPSA) is 60.2 Å². The quantitative estimate of drug-likeness (QED) is 0.670. The number of nitrogens with one attached hydrogen (secondary N) is 1. The van der Waals surface area contributed by atoms with E-state index >= 15 is 0 Å². The smallest absolute Gasteiger partial charge is 0.180 e. The van der Waals surface area contributed by atoms with Crippen molar-refractivity contribution < 1.29 is 4.74 Å². The third-order valence-electron chi connectivity index (χ3n) is 1.58. The van der Waals surface area contributed by atoms with Gasteiger partial charge in [-0.15, -0.1) is 11.3 Å². The summed E-state index contributed by atoms with van der Waals surface area (Å²) in [7, 11) is 1.71. The maximum atomic E-state index is 5.49.